The van der Waals surface area contributed by atoms with Crippen molar-refractivity contribution in [3.63, 3.8) is 0 Å². The van der Waals surface area contributed by atoms with Crippen molar-refractivity contribution in [2.45, 2.75) is 6.61 Å². The Morgan fingerprint density at radius 2 is 1.95 bits per heavy atom. The fraction of sp³-hybridized carbons (Fsp3) is 0.0714. The van der Waals surface area contributed by atoms with Gasteiger partial charge in [-0.05, 0) is 24.3 Å². The van der Waals surface area contributed by atoms with Crippen LogP contribution in [0.2, 0.25) is 0 Å². The second-order valence-corrected chi connectivity index (χ2v) is 4.36. The number of halogens is 2. The smallest absolute Gasteiger partial charge is 0.132 e. The second-order valence-electron chi connectivity index (χ2n) is 3.92. The first-order valence-electron chi connectivity index (χ1n) is 5.53. The third-order valence-corrected chi connectivity index (χ3v) is 2.76. The molecule has 19 heavy (non-hydrogen) atoms. The van der Waals surface area contributed by atoms with E-state index in [1.165, 1.54) is 12.1 Å². The molecule has 0 saturated heterocycles. The number of benzene rings is 2. The molecule has 2 nitrogen and oxygen atoms in total. The number of thiocarbonyl (C=S) groups is 1. The SMILES string of the molecule is NC(=S)c1cccc(OCc2ccc(F)cc2F)c1. The van der Waals surface area contributed by atoms with Gasteiger partial charge in [0.1, 0.15) is 29.0 Å². The van der Waals surface area contributed by atoms with Crippen LogP contribution in [0.25, 0.3) is 0 Å². The monoisotopic (exact) mass is 279 g/mol. The molecule has 98 valence electrons. The van der Waals surface area contributed by atoms with Gasteiger partial charge < -0.3 is 10.5 Å². The Morgan fingerprint density at radius 1 is 1.16 bits per heavy atom. The maximum Gasteiger partial charge on any atom is 0.132 e. The molecule has 2 N–H and O–H groups in total. The predicted octanol–water partition coefficient (Wildman–Crippen LogP) is 3.18. The summed E-state index contributed by atoms with van der Waals surface area (Å²) in [5.41, 5.74) is 6.46. The first-order valence-corrected chi connectivity index (χ1v) is 5.93. The highest BCUT2D eigenvalue weighted by Gasteiger charge is 2.05. The van der Waals surface area contributed by atoms with Gasteiger partial charge in [0.05, 0.1) is 0 Å². The largest absolute Gasteiger partial charge is 0.489 e. The van der Waals surface area contributed by atoms with Crippen molar-refractivity contribution < 1.29 is 13.5 Å². The number of rotatable bonds is 4. The summed E-state index contributed by atoms with van der Waals surface area (Å²) in [4.78, 5) is 0.262. The lowest BCUT2D eigenvalue weighted by molar-refractivity contribution is 0.299. The summed E-state index contributed by atoms with van der Waals surface area (Å²) in [7, 11) is 0. The summed E-state index contributed by atoms with van der Waals surface area (Å²) in [6.07, 6.45) is 0. The fourth-order valence-electron chi connectivity index (χ4n) is 1.54. The van der Waals surface area contributed by atoms with E-state index in [2.05, 4.69) is 0 Å². The highest BCUT2D eigenvalue weighted by molar-refractivity contribution is 7.80. The molecule has 0 bridgehead atoms. The van der Waals surface area contributed by atoms with Crippen molar-refractivity contribution in [1.29, 1.82) is 0 Å². The molecule has 0 fully saturated rings. The van der Waals surface area contributed by atoms with E-state index in [4.69, 9.17) is 22.7 Å². The molecule has 0 atom stereocenters. The summed E-state index contributed by atoms with van der Waals surface area (Å²) in [5.74, 6) is -0.726. The van der Waals surface area contributed by atoms with Gasteiger partial charge in [0.2, 0.25) is 0 Å². The maximum absolute atomic E-state index is 13.4. The zero-order valence-corrected chi connectivity index (χ0v) is 10.7. The number of ether oxygens (including phenoxy) is 1. The van der Waals surface area contributed by atoms with Crippen molar-refractivity contribution in [1.82, 2.24) is 0 Å². The Morgan fingerprint density at radius 3 is 2.63 bits per heavy atom. The van der Waals surface area contributed by atoms with E-state index in [0.717, 1.165) is 6.07 Å². The average molecular weight is 279 g/mol. The maximum atomic E-state index is 13.4. The van der Waals surface area contributed by atoms with Crippen molar-refractivity contribution in [2.75, 3.05) is 0 Å². The molecule has 0 aliphatic carbocycles. The van der Waals surface area contributed by atoms with Gasteiger partial charge in [-0.2, -0.15) is 0 Å². The molecule has 0 spiro atoms. The topological polar surface area (TPSA) is 35.2 Å². The molecule has 2 rings (SSSR count). The van der Waals surface area contributed by atoms with Gasteiger partial charge in [0.15, 0.2) is 0 Å². The Balaban J connectivity index is 2.10. The van der Waals surface area contributed by atoms with Crippen molar-refractivity contribution >= 4 is 17.2 Å². The number of nitrogens with two attached hydrogens (primary N) is 1. The average Bonchev–Trinajstić information content (AvgIpc) is 2.38. The molecule has 0 aliphatic heterocycles. The third-order valence-electron chi connectivity index (χ3n) is 2.53. The number of hydrogen-bond donors (Lipinski definition) is 1. The van der Waals surface area contributed by atoms with Crippen LogP contribution in [0.1, 0.15) is 11.1 Å². The molecule has 0 aliphatic rings. The normalized spacial score (nSPS) is 10.2. The van der Waals surface area contributed by atoms with Gasteiger partial charge in [0, 0.05) is 17.2 Å². The molecule has 0 aromatic heterocycles. The molecule has 0 heterocycles. The van der Waals surface area contributed by atoms with Crippen LogP contribution < -0.4 is 10.5 Å². The minimum Gasteiger partial charge on any atom is -0.489 e. The van der Waals surface area contributed by atoms with E-state index in [1.807, 2.05) is 0 Å². The molecule has 2 aromatic rings. The van der Waals surface area contributed by atoms with Gasteiger partial charge in [-0.3, -0.25) is 0 Å². The minimum absolute atomic E-state index is 0.00685. The Hall–Kier alpha value is -2.01. The van der Waals surface area contributed by atoms with Crippen LogP contribution in [0.5, 0.6) is 5.75 Å². The van der Waals surface area contributed by atoms with E-state index in [-0.39, 0.29) is 17.2 Å². The Kier molecular flexibility index (Phi) is 4.06. The zero-order chi connectivity index (χ0) is 13.8. The van der Waals surface area contributed by atoms with E-state index in [9.17, 15) is 8.78 Å². The first kappa shape index (κ1) is 13.4. The predicted molar refractivity (Wildman–Crippen MR) is 73.0 cm³/mol. The first-order chi connectivity index (χ1) is 9.06. The van der Waals surface area contributed by atoms with E-state index in [1.54, 1.807) is 24.3 Å². The molecular formula is C14H11F2NOS. The van der Waals surface area contributed by atoms with Crippen LogP contribution in [-0.4, -0.2) is 4.99 Å². The lowest BCUT2D eigenvalue weighted by atomic mass is 10.2. The van der Waals surface area contributed by atoms with Crippen LogP contribution in [0.15, 0.2) is 42.5 Å². The summed E-state index contributed by atoms with van der Waals surface area (Å²) in [6, 6.07) is 10.2. The lowest BCUT2D eigenvalue weighted by Gasteiger charge is -2.08. The molecule has 2 aromatic carbocycles. The van der Waals surface area contributed by atoms with Crippen molar-refractivity contribution in [2.24, 2.45) is 5.73 Å². The lowest BCUT2D eigenvalue weighted by Crippen LogP contribution is -2.09. The van der Waals surface area contributed by atoms with Gasteiger partial charge >= 0.3 is 0 Å². The Labute approximate surface area is 114 Å². The summed E-state index contributed by atoms with van der Waals surface area (Å²) >= 11 is 4.85. The van der Waals surface area contributed by atoms with Crippen LogP contribution in [-0.2, 0) is 6.61 Å². The number of hydrogen-bond acceptors (Lipinski definition) is 2. The van der Waals surface area contributed by atoms with Crippen LogP contribution in [0, 0.1) is 11.6 Å². The molecule has 0 radical (unpaired) electrons. The zero-order valence-electron chi connectivity index (χ0n) is 9.90. The Bertz CT molecular complexity index is 616. The fourth-order valence-corrected chi connectivity index (χ4v) is 1.67. The summed E-state index contributed by atoms with van der Waals surface area (Å²) < 4.78 is 31.6. The highest BCUT2D eigenvalue weighted by atomic mass is 32.1. The quantitative estimate of drug-likeness (QED) is 0.873. The van der Waals surface area contributed by atoms with Gasteiger partial charge in [0.25, 0.3) is 0 Å². The molecule has 0 saturated carbocycles. The summed E-state index contributed by atoms with van der Waals surface area (Å²) in [5, 5.41) is 0. The standard InChI is InChI=1S/C14H11F2NOS/c15-11-5-4-10(13(16)7-11)8-18-12-3-1-2-9(6-12)14(17)19/h1-7H,8H2,(H2,17,19). The van der Waals surface area contributed by atoms with E-state index in [0.29, 0.717) is 11.3 Å². The molecule has 0 amide bonds. The highest BCUT2D eigenvalue weighted by Crippen LogP contribution is 2.17. The van der Waals surface area contributed by atoms with E-state index >= 15 is 0 Å². The van der Waals surface area contributed by atoms with Crippen LogP contribution in [0.3, 0.4) is 0 Å². The van der Waals surface area contributed by atoms with Crippen LogP contribution in [0.4, 0.5) is 8.78 Å². The van der Waals surface area contributed by atoms with Gasteiger partial charge in [-0.25, -0.2) is 8.78 Å². The summed E-state index contributed by atoms with van der Waals surface area (Å²) in [6.45, 7) is 0.00685. The van der Waals surface area contributed by atoms with Gasteiger partial charge in [-0.15, -0.1) is 0 Å². The minimum atomic E-state index is -0.634. The molecule has 5 heteroatoms. The third kappa shape index (κ3) is 3.48. The van der Waals surface area contributed by atoms with E-state index < -0.39 is 11.6 Å². The molecular weight excluding hydrogens is 268 g/mol. The molecule has 0 unspecified atom stereocenters. The van der Waals surface area contributed by atoms with Crippen molar-refractivity contribution in [3.05, 3.63) is 65.2 Å². The van der Waals surface area contributed by atoms with Gasteiger partial charge in [-0.1, -0.05) is 24.4 Å². The second kappa shape index (κ2) is 5.75. The van der Waals surface area contributed by atoms with Crippen LogP contribution >= 0.6 is 12.2 Å². The van der Waals surface area contributed by atoms with Crippen molar-refractivity contribution in [3.8, 4) is 5.75 Å².